The quantitative estimate of drug-likeness (QED) is 0.653. The van der Waals surface area contributed by atoms with E-state index in [1.165, 1.54) is 6.20 Å². The highest BCUT2D eigenvalue weighted by molar-refractivity contribution is 5.91. The first-order valence-corrected chi connectivity index (χ1v) is 9.14. The third-order valence-corrected chi connectivity index (χ3v) is 4.37. The highest BCUT2D eigenvalue weighted by Gasteiger charge is 2.14. The zero-order valence-electron chi connectivity index (χ0n) is 16.1. The summed E-state index contributed by atoms with van der Waals surface area (Å²) in [6.45, 7) is 1.22. The molecule has 0 radical (unpaired) electrons. The molecule has 1 aromatic heterocycles. The van der Waals surface area contributed by atoms with Gasteiger partial charge in [-0.1, -0.05) is 48.5 Å². The van der Waals surface area contributed by atoms with Crippen molar-refractivity contribution in [3.8, 4) is 5.75 Å². The molecule has 2 aromatic carbocycles. The fraction of sp³-hybridized carbons (Fsp3) is 0.227. The number of carbonyl (C=O) groups excluding carboxylic acids is 1. The number of aromatic nitrogens is 2. The predicted octanol–water partition coefficient (Wildman–Crippen LogP) is 3.41. The molecule has 0 aliphatic rings. The number of hydrogen-bond donors (Lipinski definition) is 1. The maximum absolute atomic E-state index is 12.5. The zero-order chi connectivity index (χ0) is 19.8. The minimum absolute atomic E-state index is 0.156. The van der Waals surface area contributed by atoms with Gasteiger partial charge in [0.05, 0.1) is 19.5 Å². The van der Waals surface area contributed by atoms with Gasteiger partial charge >= 0.3 is 0 Å². The Morgan fingerprint density at radius 1 is 1.04 bits per heavy atom. The van der Waals surface area contributed by atoms with Crippen molar-refractivity contribution in [2.45, 2.75) is 13.0 Å². The number of benzene rings is 2. The SMILES string of the molecule is COc1ccccc1CCNc1cnc(C(=O)N(C)Cc2ccccc2)cn1. The number of ether oxygens (including phenoxy) is 1. The number of anilines is 1. The zero-order valence-corrected chi connectivity index (χ0v) is 16.1. The lowest BCUT2D eigenvalue weighted by atomic mass is 10.1. The number of amides is 1. The van der Waals surface area contributed by atoms with Gasteiger partial charge in [-0.25, -0.2) is 9.97 Å². The summed E-state index contributed by atoms with van der Waals surface area (Å²) in [5.41, 5.74) is 2.52. The molecule has 0 fully saturated rings. The Bertz CT molecular complexity index is 898. The van der Waals surface area contributed by atoms with E-state index >= 15 is 0 Å². The molecular weight excluding hydrogens is 352 g/mol. The second-order valence-electron chi connectivity index (χ2n) is 6.42. The van der Waals surface area contributed by atoms with E-state index in [0.717, 1.165) is 23.3 Å². The normalized spacial score (nSPS) is 10.4. The Morgan fingerprint density at radius 2 is 1.79 bits per heavy atom. The summed E-state index contributed by atoms with van der Waals surface area (Å²) >= 11 is 0. The first-order valence-electron chi connectivity index (χ1n) is 9.14. The standard InChI is InChI=1S/C22H24N4O2/c1-26(16-17-8-4-3-5-9-17)22(27)19-14-25-21(15-24-19)23-13-12-18-10-6-7-11-20(18)28-2/h3-11,14-15H,12-13,16H2,1-2H3,(H,23,25). The van der Waals surface area contributed by atoms with Crippen molar-refractivity contribution in [1.82, 2.24) is 14.9 Å². The molecule has 3 rings (SSSR count). The van der Waals surface area contributed by atoms with Gasteiger partial charge in [0, 0.05) is 20.1 Å². The van der Waals surface area contributed by atoms with Crippen LogP contribution in [-0.4, -0.2) is 41.5 Å². The molecule has 0 spiro atoms. The molecule has 0 saturated heterocycles. The monoisotopic (exact) mass is 376 g/mol. The van der Waals surface area contributed by atoms with E-state index in [0.29, 0.717) is 24.6 Å². The summed E-state index contributed by atoms with van der Waals surface area (Å²) in [6.07, 6.45) is 3.90. The summed E-state index contributed by atoms with van der Waals surface area (Å²) in [5, 5.41) is 3.23. The predicted molar refractivity (Wildman–Crippen MR) is 109 cm³/mol. The van der Waals surface area contributed by atoms with Crippen LogP contribution in [0.15, 0.2) is 67.0 Å². The number of para-hydroxylation sites is 1. The van der Waals surface area contributed by atoms with Crippen LogP contribution in [-0.2, 0) is 13.0 Å². The fourth-order valence-corrected chi connectivity index (χ4v) is 2.89. The van der Waals surface area contributed by atoms with Crippen molar-refractivity contribution in [3.05, 3.63) is 83.8 Å². The highest BCUT2D eigenvalue weighted by atomic mass is 16.5. The molecule has 1 amide bonds. The van der Waals surface area contributed by atoms with E-state index in [1.54, 1.807) is 25.3 Å². The fourth-order valence-electron chi connectivity index (χ4n) is 2.89. The number of methoxy groups -OCH3 is 1. The number of rotatable bonds is 8. The maximum Gasteiger partial charge on any atom is 0.274 e. The molecule has 0 aliphatic carbocycles. The molecule has 6 heteroatoms. The van der Waals surface area contributed by atoms with Gasteiger partial charge in [-0.15, -0.1) is 0 Å². The van der Waals surface area contributed by atoms with Crippen LogP contribution in [0.4, 0.5) is 5.82 Å². The van der Waals surface area contributed by atoms with Crippen molar-refractivity contribution < 1.29 is 9.53 Å². The van der Waals surface area contributed by atoms with Crippen LogP contribution in [0.1, 0.15) is 21.6 Å². The molecule has 3 aromatic rings. The number of hydrogen-bond acceptors (Lipinski definition) is 5. The lowest BCUT2D eigenvalue weighted by Crippen LogP contribution is -2.27. The largest absolute Gasteiger partial charge is 0.496 e. The van der Waals surface area contributed by atoms with E-state index < -0.39 is 0 Å². The molecule has 0 bridgehead atoms. The van der Waals surface area contributed by atoms with Crippen LogP contribution < -0.4 is 10.1 Å². The minimum atomic E-state index is -0.156. The number of nitrogens with zero attached hydrogens (tertiary/aromatic N) is 3. The van der Waals surface area contributed by atoms with Gasteiger partial charge in [-0.3, -0.25) is 4.79 Å². The maximum atomic E-state index is 12.5. The molecule has 1 N–H and O–H groups in total. The van der Waals surface area contributed by atoms with Gasteiger partial charge in [0.2, 0.25) is 0 Å². The van der Waals surface area contributed by atoms with Crippen molar-refractivity contribution in [2.24, 2.45) is 0 Å². The second-order valence-corrected chi connectivity index (χ2v) is 6.42. The molecule has 28 heavy (non-hydrogen) atoms. The molecule has 144 valence electrons. The van der Waals surface area contributed by atoms with Crippen molar-refractivity contribution in [2.75, 3.05) is 26.0 Å². The molecule has 0 unspecified atom stereocenters. The smallest absolute Gasteiger partial charge is 0.274 e. The summed E-state index contributed by atoms with van der Waals surface area (Å²) in [5.74, 6) is 1.35. The molecule has 1 heterocycles. The Labute approximate surface area is 165 Å². The lowest BCUT2D eigenvalue weighted by molar-refractivity contribution is 0.0779. The Kier molecular flexibility index (Phi) is 6.57. The molecule has 6 nitrogen and oxygen atoms in total. The van der Waals surface area contributed by atoms with E-state index in [1.807, 2.05) is 54.6 Å². The van der Waals surface area contributed by atoms with Crippen molar-refractivity contribution >= 4 is 11.7 Å². The first kappa shape index (κ1) is 19.4. The van der Waals surface area contributed by atoms with E-state index in [2.05, 4.69) is 15.3 Å². The topological polar surface area (TPSA) is 67.3 Å². The average molecular weight is 376 g/mol. The van der Waals surface area contributed by atoms with Crippen molar-refractivity contribution in [3.63, 3.8) is 0 Å². The third-order valence-electron chi connectivity index (χ3n) is 4.37. The van der Waals surface area contributed by atoms with Crippen LogP contribution >= 0.6 is 0 Å². The van der Waals surface area contributed by atoms with Gasteiger partial charge in [-0.05, 0) is 23.6 Å². The second kappa shape index (κ2) is 9.50. The number of nitrogens with one attached hydrogen (secondary N) is 1. The number of carbonyl (C=O) groups is 1. The van der Waals surface area contributed by atoms with Gasteiger partial charge < -0.3 is 15.0 Å². The Balaban J connectivity index is 1.53. The summed E-state index contributed by atoms with van der Waals surface area (Å²) in [6, 6.07) is 17.8. The summed E-state index contributed by atoms with van der Waals surface area (Å²) in [4.78, 5) is 22.7. The first-order chi connectivity index (χ1) is 13.7. The van der Waals surface area contributed by atoms with Crippen LogP contribution in [0, 0.1) is 0 Å². The molecule has 0 aliphatic heterocycles. The Hall–Kier alpha value is -3.41. The highest BCUT2D eigenvalue weighted by Crippen LogP contribution is 2.17. The van der Waals surface area contributed by atoms with Gasteiger partial charge in [0.1, 0.15) is 17.3 Å². The molecule has 0 atom stereocenters. The van der Waals surface area contributed by atoms with E-state index in [-0.39, 0.29) is 5.91 Å². The van der Waals surface area contributed by atoms with Gasteiger partial charge in [-0.2, -0.15) is 0 Å². The molecular formula is C22H24N4O2. The summed E-state index contributed by atoms with van der Waals surface area (Å²) < 4.78 is 5.36. The van der Waals surface area contributed by atoms with E-state index in [9.17, 15) is 4.79 Å². The van der Waals surface area contributed by atoms with Crippen LogP contribution in [0.2, 0.25) is 0 Å². The average Bonchev–Trinajstić information content (AvgIpc) is 2.75. The van der Waals surface area contributed by atoms with Crippen molar-refractivity contribution in [1.29, 1.82) is 0 Å². The van der Waals surface area contributed by atoms with Gasteiger partial charge in [0.15, 0.2) is 0 Å². The Morgan fingerprint density at radius 3 is 2.50 bits per heavy atom. The minimum Gasteiger partial charge on any atom is -0.496 e. The molecule has 0 saturated carbocycles. The van der Waals surface area contributed by atoms with E-state index in [4.69, 9.17) is 4.74 Å². The third kappa shape index (κ3) is 5.07. The van der Waals surface area contributed by atoms with Gasteiger partial charge in [0.25, 0.3) is 5.91 Å². The summed E-state index contributed by atoms with van der Waals surface area (Å²) in [7, 11) is 3.43. The lowest BCUT2D eigenvalue weighted by Gasteiger charge is -2.16. The van der Waals surface area contributed by atoms with Crippen LogP contribution in [0.5, 0.6) is 5.75 Å². The van der Waals surface area contributed by atoms with Crippen LogP contribution in [0.25, 0.3) is 0 Å². The van der Waals surface area contributed by atoms with Crippen LogP contribution in [0.3, 0.4) is 0 Å².